The minimum Gasteiger partial charge on any atom is -0.396 e. The quantitative estimate of drug-likeness (QED) is 0.743. The Morgan fingerprint density at radius 2 is 2.07 bits per heavy atom. The highest BCUT2D eigenvalue weighted by atomic mass is 32.2. The van der Waals surface area contributed by atoms with Gasteiger partial charge >= 0.3 is 0 Å². The van der Waals surface area contributed by atoms with Crippen molar-refractivity contribution >= 4 is 11.8 Å². The zero-order valence-corrected chi connectivity index (χ0v) is 9.96. The lowest BCUT2D eigenvalue weighted by molar-refractivity contribution is 0.270. The minimum absolute atomic E-state index is 0.257. The van der Waals surface area contributed by atoms with Gasteiger partial charge in [-0.3, -0.25) is 0 Å². The van der Waals surface area contributed by atoms with Gasteiger partial charge in [0, 0.05) is 24.9 Å². The van der Waals surface area contributed by atoms with E-state index in [0.717, 1.165) is 18.7 Å². The molecule has 0 spiro atoms. The van der Waals surface area contributed by atoms with Gasteiger partial charge in [-0.15, -0.1) is 0 Å². The highest BCUT2D eigenvalue weighted by Gasteiger charge is 2.05. The van der Waals surface area contributed by atoms with Crippen LogP contribution in [0.15, 0.2) is 30.3 Å². The summed E-state index contributed by atoms with van der Waals surface area (Å²) in [5.41, 5.74) is 1.29. The zero-order chi connectivity index (χ0) is 10.9. The van der Waals surface area contributed by atoms with Crippen molar-refractivity contribution in [3.05, 3.63) is 35.9 Å². The fourth-order valence-electron chi connectivity index (χ4n) is 1.46. The summed E-state index contributed by atoms with van der Waals surface area (Å²) in [6.45, 7) is 1.14. The average molecular weight is 225 g/mol. The standard InChI is InChI=1S/C12H19NOS/c1-15-10-12(7-8-14)13-9-11-5-3-2-4-6-11/h2-6,12-14H,7-10H2,1H3. The van der Waals surface area contributed by atoms with Gasteiger partial charge in [-0.05, 0) is 18.2 Å². The van der Waals surface area contributed by atoms with E-state index in [0.29, 0.717) is 6.04 Å². The first-order chi connectivity index (χ1) is 7.36. The van der Waals surface area contributed by atoms with Crippen LogP contribution in [0.3, 0.4) is 0 Å². The van der Waals surface area contributed by atoms with Crippen LogP contribution in [0.1, 0.15) is 12.0 Å². The molecule has 1 aromatic rings. The summed E-state index contributed by atoms with van der Waals surface area (Å²) < 4.78 is 0. The molecule has 3 heteroatoms. The molecule has 0 amide bonds. The monoisotopic (exact) mass is 225 g/mol. The number of thioether (sulfide) groups is 1. The van der Waals surface area contributed by atoms with Crippen molar-refractivity contribution in [2.24, 2.45) is 0 Å². The molecule has 0 aliphatic heterocycles. The number of rotatable bonds is 7. The van der Waals surface area contributed by atoms with Crippen LogP contribution in [0, 0.1) is 0 Å². The molecule has 0 fully saturated rings. The predicted molar refractivity (Wildman–Crippen MR) is 67.2 cm³/mol. The molecule has 0 aromatic heterocycles. The van der Waals surface area contributed by atoms with Gasteiger partial charge in [0.15, 0.2) is 0 Å². The van der Waals surface area contributed by atoms with E-state index in [1.165, 1.54) is 5.56 Å². The van der Waals surface area contributed by atoms with E-state index >= 15 is 0 Å². The van der Waals surface area contributed by atoms with Crippen LogP contribution in [-0.4, -0.2) is 29.8 Å². The van der Waals surface area contributed by atoms with E-state index in [9.17, 15) is 0 Å². The molecule has 1 unspecified atom stereocenters. The van der Waals surface area contributed by atoms with E-state index in [4.69, 9.17) is 5.11 Å². The molecule has 1 atom stereocenters. The average Bonchev–Trinajstić information content (AvgIpc) is 2.28. The number of hydrogen-bond donors (Lipinski definition) is 2. The van der Waals surface area contributed by atoms with Gasteiger partial charge in [0.1, 0.15) is 0 Å². The van der Waals surface area contributed by atoms with Gasteiger partial charge in [0.05, 0.1) is 0 Å². The Labute approximate surface area is 96.1 Å². The molecule has 0 saturated carbocycles. The summed E-state index contributed by atoms with van der Waals surface area (Å²) in [5.74, 6) is 1.05. The van der Waals surface area contributed by atoms with Gasteiger partial charge in [-0.1, -0.05) is 30.3 Å². The fourth-order valence-corrected chi connectivity index (χ4v) is 2.15. The van der Waals surface area contributed by atoms with Crippen molar-refractivity contribution in [3.8, 4) is 0 Å². The maximum atomic E-state index is 8.91. The van der Waals surface area contributed by atoms with E-state index in [1.807, 2.05) is 30.0 Å². The molecular formula is C12H19NOS. The summed E-state index contributed by atoms with van der Waals surface area (Å²) in [7, 11) is 0. The first-order valence-corrected chi connectivity index (χ1v) is 6.63. The third kappa shape index (κ3) is 5.21. The predicted octanol–water partition coefficient (Wildman–Crippen LogP) is 1.89. The summed E-state index contributed by atoms with van der Waals surface area (Å²) in [6, 6.07) is 10.8. The summed E-state index contributed by atoms with van der Waals surface area (Å²) in [4.78, 5) is 0. The van der Waals surface area contributed by atoms with Crippen LogP contribution < -0.4 is 5.32 Å². The first kappa shape index (κ1) is 12.6. The van der Waals surface area contributed by atoms with Crippen molar-refractivity contribution in [1.29, 1.82) is 0 Å². The second-order valence-corrected chi connectivity index (χ2v) is 4.44. The molecule has 0 bridgehead atoms. The summed E-state index contributed by atoms with van der Waals surface area (Å²) in [5, 5.41) is 12.4. The number of benzene rings is 1. The molecule has 0 heterocycles. The van der Waals surface area contributed by atoms with Gasteiger partial charge in [0.2, 0.25) is 0 Å². The molecule has 2 N–H and O–H groups in total. The van der Waals surface area contributed by atoms with E-state index in [-0.39, 0.29) is 6.61 Å². The molecule has 1 aromatic carbocycles. The van der Waals surface area contributed by atoms with Gasteiger partial charge in [0.25, 0.3) is 0 Å². The van der Waals surface area contributed by atoms with E-state index in [2.05, 4.69) is 23.7 Å². The lowest BCUT2D eigenvalue weighted by Gasteiger charge is -2.16. The van der Waals surface area contributed by atoms with Gasteiger partial charge in [-0.2, -0.15) is 11.8 Å². The normalized spacial score (nSPS) is 12.7. The van der Waals surface area contributed by atoms with Crippen LogP contribution in [0.5, 0.6) is 0 Å². The fraction of sp³-hybridized carbons (Fsp3) is 0.500. The highest BCUT2D eigenvalue weighted by molar-refractivity contribution is 7.98. The van der Waals surface area contributed by atoms with Crippen LogP contribution >= 0.6 is 11.8 Å². The number of hydrogen-bond acceptors (Lipinski definition) is 3. The Hall–Kier alpha value is -0.510. The highest BCUT2D eigenvalue weighted by Crippen LogP contribution is 2.04. The van der Waals surface area contributed by atoms with Crippen LogP contribution in [0.4, 0.5) is 0 Å². The zero-order valence-electron chi connectivity index (χ0n) is 9.15. The van der Waals surface area contributed by atoms with Crippen LogP contribution in [-0.2, 0) is 6.54 Å². The van der Waals surface area contributed by atoms with Crippen molar-refractivity contribution < 1.29 is 5.11 Å². The second kappa shape index (κ2) is 7.74. The van der Waals surface area contributed by atoms with Gasteiger partial charge in [-0.25, -0.2) is 0 Å². The van der Waals surface area contributed by atoms with E-state index in [1.54, 1.807) is 0 Å². The molecule has 0 aliphatic rings. The molecule has 84 valence electrons. The maximum absolute atomic E-state index is 8.91. The SMILES string of the molecule is CSCC(CCO)NCc1ccccc1. The first-order valence-electron chi connectivity index (χ1n) is 5.24. The molecule has 0 aliphatic carbocycles. The molecule has 15 heavy (non-hydrogen) atoms. The topological polar surface area (TPSA) is 32.3 Å². The van der Waals surface area contributed by atoms with Crippen LogP contribution in [0.25, 0.3) is 0 Å². The molecule has 0 saturated heterocycles. The number of aliphatic hydroxyl groups excluding tert-OH is 1. The molecule has 2 nitrogen and oxygen atoms in total. The Morgan fingerprint density at radius 3 is 2.67 bits per heavy atom. The van der Waals surface area contributed by atoms with Crippen molar-refractivity contribution in [1.82, 2.24) is 5.32 Å². The smallest absolute Gasteiger partial charge is 0.0446 e. The van der Waals surface area contributed by atoms with Crippen molar-refractivity contribution in [2.75, 3.05) is 18.6 Å². The third-order valence-electron chi connectivity index (χ3n) is 2.28. The third-order valence-corrected chi connectivity index (χ3v) is 3.02. The minimum atomic E-state index is 0.257. The number of aliphatic hydroxyl groups is 1. The molecule has 1 rings (SSSR count). The lowest BCUT2D eigenvalue weighted by atomic mass is 10.2. The van der Waals surface area contributed by atoms with Gasteiger partial charge < -0.3 is 10.4 Å². The summed E-state index contributed by atoms with van der Waals surface area (Å²) >= 11 is 1.81. The second-order valence-electron chi connectivity index (χ2n) is 3.53. The Balaban J connectivity index is 2.33. The number of nitrogens with one attached hydrogen (secondary N) is 1. The van der Waals surface area contributed by atoms with E-state index < -0.39 is 0 Å². The Bertz CT molecular complexity index is 247. The van der Waals surface area contributed by atoms with Crippen molar-refractivity contribution in [2.45, 2.75) is 19.0 Å². The summed E-state index contributed by atoms with van der Waals surface area (Å²) in [6.07, 6.45) is 2.92. The maximum Gasteiger partial charge on any atom is 0.0446 e. The molecule has 0 radical (unpaired) electrons. The Kier molecular flexibility index (Phi) is 6.48. The molecular weight excluding hydrogens is 206 g/mol. The largest absolute Gasteiger partial charge is 0.396 e. The van der Waals surface area contributed by atoms with Crippen LogP contribution in [0.2, 0.25) is 0 Å². The lowest BCUT2D eigenvalue weighted by Crippen LogP contribution is -2.31. The van der Waals surface area contributed by atoms with Crippen molar-refractivity contribution in [3.63, 3.8) is 0 Å². The Morgan fingerprint density at radius 1 is 1.33 bits per heavy atom.